The number of imidazole rings is 1. The van der Waals surface area contributed by atoms with Crippen molar-refractivity contribution < 1.29 is 9.90 Å². The van der Waals surface area contributed by atoms with Crippen molar-refractivity contribution in [1.29, 1.82) is 0 Å². The molecule has 0 spiro atoms. The van der Waals surface area contributed by atoms with Gasteiger partial charge in [0.2, 0.25) is 0 Å². The first-order chi connectivity index (χ1) is 10.0. The van der Waals surface area contributed by atoms with Crippen LogP contribution in [0.25, 0.3) is 5.65 Å². The molecule has 7 heteroatoms. The maximum Gasteiger partial charge on any atom is 0.353 e. The molecule has 5 N–H and O–H groups in total. The number of hydrazine groups is 1. The van der Waals surface area contributed by atoms with Gasteiger partial charge in [-0.15, -0.1) is 0 Å². The van der Waals surface area contributed by atoms with Gasteiger partial charge in [-0.25, -0.2) is 15.6 Å². The highest BCUT2D eigenvalue weighted by molar-refractivity contribution is 5.85. The summed E-state index contributed by atoms with van der Waals surface area (Å²) in [5.41, 5.74) is 7.93. The molecule has 0 saturated heterocycles. The zero-order valence-corrected chi connectivity index (χ0v) is 11.4. The lowest BCUT2D eigenvalue weighted by atomic mass is 10.2. The highest BCUT2D eigenvalue weighted by Gasteiger charge is 2.23. The summed E-state index contributed by atoms with van der Waals surface area (Å²) in [6.45, 7) is 0.286. The number of fused-ring (bicyclic) bond motifs is 1. The lowest BCUT2D eigenvalue weighted by molar-refractivity contribution is -0.132. The predicted octanol–water partition coefficient (Wildman–Crippen LogP) is 0.772. The Morgan fingerprint density at radius 1 is 1.48 bits per heavy atom. The third-order valence-electron chi connectivity index (χ3n) is 3.47. The van der Waals surface area contributed by atoms with E-state index in [2.05, 4.69) is 17.2 Å². The van der Waals surface area contributed by atoms with Crippen molar-refractivity contribution in [2.45, 2.75) is 25.3 Å². The molecule has 1 aliphatic rings. The van der Waals surface area contributed by atoms with Crippen LogP contribution in [0.15, 0.2) is 36.4 Å². The van der Waals surface area contributed by atoms with E-state index >= 15 is 0 Å². The molecule has 0 aromatic carbocycles. The zero-order chi connectivity index (χ0) is 15.0. The van der Waals surface area contributed by atoms with Gasteiger partial charge in [-0.3, -0.25) is 0 Å². The number of carboxylic acid groups (broad SMARTS) is 1. The van der Waals surface area contributed by atoms with E-state index in [1.54, 1.807) is 0 Å². The topological polar surface area (TPSA) is 110 Å². The van der Waals surface area contributed by atoms with E-state index in [0.717, 1.165) is 11.3 Å². The lowest BCUT2D eigenvalue weighted by Crippen LogP contribution is -2.27. The minimum Gasteiger partial charge on any atom is -0.477 e. The highest BCUT2D eigenvalue weighted by Crippen LogP contribution is 2.39. The standard InChI is InChI=1S/C14H17N5O2/c15-12(14(20)21)8-19(16)7-11-6-18-5-10(9-1-2-9)3-4-13(18)17-11/h3-6,8-9H,1-2,7,15-16H2,(H,20,21)/b12-8-. The van der Waals surface area contributed by atoms with Crippen molar-refractivity contribution in [1.82, 2.24) is 14.4 Å². The molecular weight excluding hydrogens is 270 g/mol. The van der Waals surface area contributed by atoms with Crippen LogP contribution >= 0.6 is 0 Å². The second kappa shape index (κ2) is 5.10. The highest BCUT2D eigenvalue weighted by atomic mass is 16.4. The number of carboxylic acids is 1. The monoisotopic (exact) mass is 287 g/mol. The summed E-state index contributed by atoms with van der Waals surface area (Å²) >= 11 is 0. The molecule has 0 amide bonds. The fourth-order valence-corrected chi connectivity index (χ4v) is 2.26. The van der Waals surface area contributed by atoms with Crippen LogP contribution in [0.3, 0.4) is 0 Å². The normalized spacial score (nSPS) is 15.4. The van der Waals surface area contributed by atoms with E-state index in [9.17, 15) is 4.79 Å². The average Bonchev–Trinajstić information content (AvgIpc) is 3.19. The van der Waals surface area contributed by atoms with Gasteiger partial charge in [-0.05, 0) is 30.4 Å². The smallest absolute Gasteiger partial charge is 0.353 e. The molecule has 2 aromatic heterocycles. The summed E-state index contributed by atoms with van der Waals surface area (Å²) in [6.07, 6.45) is 7.67. The van der Waals surface area contributed by atoms with Gasteiger partial charge in [0.15, 0.2) is 0 Å². The van der Waals surface area contributed by atoms with Gasteiger partial charge in [0.1, 0.15) is 11.3 Å². The Morgan fingerprint density at radius 2 is 2.24 bits per heavy atom. The summed E-state index contributed by atoms with van der Waals surface area (Å²) in [6, 6.07) is 4.09. The first-order valence-corrected chi connectivity index (χ1v) is 6.72. The van der Waals surface area contributed by atoms with Crippen molar-refractivity contribution in [2.24, 2.45) is 11.6 Å². The molecule has 0 aliphatic heterocycles. The van der Waals surface area contributed by atoms with E-state index in [0.29, 0.717) is 5.92 Å². The van der Waals surface area contributed by atoms with Crippen LogP contribution in [0.5, 0.6) is 0 Å². The number of nitrogens with two attached hydrogens (primary N) is 2. The van der Waals surface area contributed by atoms with E-state index in [4.69, 9.17) is 16.7 Å². The van der Waals surface area contributed by atoms with Crippen LogP contribution in [-0.4, -0.2) is 25.5 Å². The average molecular weight is 287 g/mol. The van der Waals surface area contributed by atoms with Crippen molar-refractivity contribution >= 4 is 11.6 Å². The minimum absolute atomic E-state index is 0.286. The van der Waals surface area contributed by atoms with Crippen molar-refractivity contribution in [3.05, 3.63) is 47.7 Å². The zero-order valence-electron chi connectivity index (χ0n) is 11.4. The molecule has 3 rings (SSSR count). The fourth-order valence-electron chi connectivity index (χ4n) is 2.26. The number of nitrogens with zero attached hydrogens (tertiary/aromatic N) is 3. The van der Waals surface area contributed by atoms with Crippen molar-refractivity contribution in [3.63, 3.8) is 0 Å². The lowest BCUT2D eigenvalue weighted by Gasteiger charge is -2.11. The van der Waals surface area contributed by atoms with Gasteiger partial charge in [0.25, 0.3) is 0 Å². The fraction of sp³-hybridized carbons (Fsp3) is 0.286. The molecule has 1 fully saturated rings. The van der Waals surface area contributed by atoms with Gasteiger partial charge in [0.05, 0.1) is 12.2 Å². The Hall–Kier alpha value is -2.54. The molecule has 21 heavy (non-hydrogen) atoms. The minimum atomic E-state index is -1.20. The van der Waals surface area contributed by atoms with Crippen molar-refractivity contribution in [3.8, 4) is 0 Å². The molecule has 1 aliphatic carbocycles. The molecule has 1 saturated carbocycles. The molecule has 0 unspecified atom stereocenters. The maximum absolute atomic E-state index is 10.6. The van der Waals surface area contributed by atoms with Gasteiger partial charge >= 0.3 is 5.97 Å². The number of aromatic nitrogens is 2. The Labute approximate surface area is 121 Å². The Balaban J connectivity index is 1.78. The largest absolute Gasteiger partial charge is 0.477 e. The molecule has 7 nitrogen and oxygen atoms in total. The van der Waals surface area contributed by atoms with Gasteiger partial charge < -0.3 is 20.2 Å². The van der Waals surface area contributed by atoms with Gasteiger partial charge in [-0.1, -0.05) is 6.07 Å². The Kier molecular flexibility index (Phi) is 3.26. The molecule has 110 valence electrons. The van der Waals surface area contributed by atoms with E-state index in [1.807, 2.05) is 16.7 Å². The summed E-state index contributed by atoms with van der Waals surface area (Å²) in [7, 11) is 0. The third-order valence-corrected chi connectivity index (χ3v) is 3.47. The van der Waals surface area contributed by atoms with Crippen molar-refractivity contribution in [2.75, 3.05) is 0 Å². The van der Waals surface area contributed by atoms with E-state index in [1.165, 1.54) is 29.6 Å². The van der Waals surface area contributed by atoms with Crippen LogP contribution in [0, 0.1) is 0 Å². The molecule has 0 radical (unpaired) electrons. The summed E-state index contributed by atoms with van der Waals surface area (Å²) in [4.78, 5) is 15.1. The number of aliphatic carboxylic acids is 1. The first kappa shape index (κ1) is 13.4. The van der Waals surface area contributed by atoms with Crippen LogP contribution < -0.4 is 11.6 Å². The summed E-state index contributed by atoms with van der Waals surface area (Å²) in [5.74, 6) is 5.20. The number of rotatable bonds is 5. The molecular formula is C14H17N5O2. The quantitative estimate of drug-likeness (QED) is 0.426. The summed E-state index contributed by atoms with van der Waals surface area (Å²) in [5, 5.41) is 9.92. The number of hydrogen-bond acceptors (Lipinski definition) is 5. The van der Waals surface area contributed by atoms with Crippen LogP contribution in [0.2, 0.25) is 0 Å². The van der Waals surface area contributed by atoms with Crippen LogP contribution in [-0.2, 0) is 11.3 Å². The Bertz CT molecular complexity index is 717. The van der Waals surface area contributed by atoms with Crippen LogP contribution in [0.1, 0.15) is 30.0 Å². The van der Waals surface area contributed by atoms with Gasteiger partial charge in [0, 0.05) is 18.6 Å². The molecule has 0 atom stereocenters. The van der Waals surface area contributed by atoms with E-state index < -0.39 is 5.97 Å². The number of pyridine rings is 1. The number of hydrogen-bond donors (Lipinski definition) is 3. The number of carbonyl (C=O) groups is 1. The second-order valence-electron chi connectivity index (χ2n) is 5.30. The molecule has 0 bridgehead atoms. The van der Waals surface area contributed by atoms with Gasteiger partial charge in [-0.2, -0.15) is 0 Å². The second-order valence-corrected chi connectivity index (χ2v) is 5.30. The summed E-state index contributed by atoms with van der Waals surface area (Å²) < 4.78 is 1.97. The predicted molar refractivity (Wildman–Crippen MR) is 76.8 cm³/mol. The first-order valence-electron chi connectivity index (χ1n) is 6.72. The van der Waals surface area contributed by atoms with E-state index in [-0.39, 0.29) is 12.2 Å². The Morgan fingerprint density at radius 3 is 2.90 bits per heavy atom. The maximum atomic E-state index is 10.6. The third kappa shape index (κ3) is 2.97. The van der Waals surface area contributed by atoms with Crippen LogP contribution in [0.4, 0.5) is 0 Å². The molecule has 2 aromatic rings. The molecule has 2 heterocycles. The SMILES string of the molecule is N/C(=C\N(N)Cc1cn2cc(C3CC3)ccc2n1)C(=O)O.